The van der Waals surface area contributed by atoms with Crippen molar-refractivity contribution in [3.63, 3.8) is 0 Å². The van der Waals surface area contributed by atoms with Crippen LogP contribution in [0.25, 0.3) is 11.3 Å². The van der Waals surface area contributed by atoms with Gasteiger partial charge in [0.25, 0.3) is 5.91 Å². The summed E-state index contributed by atoms with van der Waals surface area (Å²) in [5.74, 6) is 0.326. The minimum Gasteiger partial charge on any atom is -0.337 e. The largest absolute Gasteiger partial charge is 0.337 e. The van der Waals surface area contributed by atoms with Crippen LogP contribution in [0.1, 0.15) is 54.6 Å². The second-order valence-corrected chi connectivity index (χ2v) is 8.60. The molecule has 9 nitrogen and oxygen atoms in total. The monoisotopic (exact) mass is 454 g/mol. The molecule has 2 heterocycles. The fourth-order valence-corrected chi connectivity index (χ4v) is 4.09. The van der Waals surface area contributed by atoms with Crippen molar-refractivity contribution in [1.82, 2.24) is 25.1 Å². The van der Waals surface area contributed by atoms with Gasteiger partial charge in [-0.2, -0.15) is 15.6 Å². The number of amides is 1. The third-order valence-corrected chi connectivity index (χ3v) is 6.04. The SMILES string of the molecule is Cc1cnc(Nc2cnn([C@H]3CC[C@H](C#N)CC3)c2)nc1-c1ccc(C(=O)N[C@@H](C)C#N)cc1. The summed E-state index contributed by atoms with van der Waals surface area (Å²) in [6.45, 7) is 3.57. The summed E-state index contributed by atoms with van der Waals surface area (Å²) in [6, 6.07) is 11.2. The van der Waals surface area contributed by atoms with Gasteiger partial charge in [0, 0.05) is 29.4 Å². The van der Waals surface area contributed by atoms with E-state index in [0.717, 1.165) is 48.2 Å². The lowest BCUT2D eigenvalue weighted by Crippen LogP contribution is -2.31. The highest BCUT2D eigenvalue weighted by Gasteiger charge is 2.22. The second kappa shape index (κ2) is 10.1. The molecule has 1 saturated carbocycles. The van der Waals surface area contributed by atoms with E-state index in [0.29, 0.717) is 17.6 Å². The molecule has 1 atom stereocenters. The first-order valence-corrected chi connectivity index (χ1v) is 11.3. The zero-order valence-electron chi connectivity index (χ0n) is 19.2. The van der Waals surface area contributed by atoms with Crippen LogP contribution < -0.4 is 10.6 Å². The van der Waals surface area contributed by atoms with Gasteiger partial charge in [-0.15, -0.1) is 0 Å². The second-order valence-electron chi connectivity index (χ2n) is 8.60. The maximum Gasteiger partial charge on any atom is 0.252 e. The van der Waals surface area contributed by atoms with Crippen molar-refractivity contribution < 1.29 is 4.79 Å². The van der Waals surface area contributed by atoms with Crippen LogP contribution in [-0.4, -0.2) is 31.7 Å². The molecule has 0 saturated heterocycles. The molecule has 1 fully saturated rings. The lowest BCUT2D eigenvalue weighted by atomic mass is 9.87. The highest BCUT2D eigenvalue weighted by atomic mass is 16.1. The molecule has 9 heteroatoms. The number of nitriles is 2. The summed E-state index contributed by atoms with van der Waals surface area (Å²) in [4.78, 5) is 21.3. The van der Waals surface area contributed by atoms with Gasteiger partial charge < -0.3 is 10.6 Å². The molecule has 2 N–H and O–H groups in total. The van der Waals surface area contributed by atoms with E-state index in [1.165, 1.54) is 0 Å². The zero-order chi connectivity index (χ0) is 24.1. The Hall–Kier alpha value is -4.24. The summed E-state index contributed by atoms with van der Waals surface area (Å²) in [5, 5.41) is 28.3. The molecule has 1 amide bonds. The summed E-state index contributed by atoms with van der Waals surface area (Å²) >= 11 is 0. The van der Waals surface area contributed by atoms with E-state index >= 15 is 0 Å². The van der Waals surface area contributed by atoms with Crippen molar-refractivity contribution in [2.75, 3.05) is 5.32 Å². The molecule has 2 aromatic heterocycles. The third-order valence-electron chi connectivity index (χ3n) is 6.04. The normalized spacial score (nSPS) is 18.4. The van der Waals surface area contributed by atoms with Gasteiger partial charge in [0.2, 0.25) is 5.95 Å². The number of aryl methyl sites for hydroxylation is 1. The lowest BCUT2D eigenvalue weighted by Gasteiger charge is -2.24. The number of hydrogen-bond acceptors (Lipinski definition) is 7. The molecule has 34 heavy (non-hydrogen) atoms. The van der Waals surface area contributed by atoms with Crippen LogP contribution in [0.5, 0.6) is 0 Å². The molecule has 0 unspecified atom stereocenters. The van der Waals surface area contributed by atoms with E-state index in [1.807, 2.05) is 36.0 Å². The third kappa shape index (κ3) is 5.21. The number of aromatic nitrogens is 4. The van der Waals surface area contributed by atoms with Crippen molar-refractivity contribution in [1.29, 1.82) is 10.5 Å². The van der Waals surface area contributed by atoms with E-state index < -0.39 is 6.04 Å². The van der Waals surface area contributed by atoms with Gasteiger partial charge in [-0.05, 0) is 57.2 Å². The van der Waals surface area contributed by atoms with E-state index in [-0.39, 0.29) is 11.8 Å². The van der Waals surface area contributed by atoms with E-state index in [4.69, 9.17) is 10.5 Å². The van der Waals surface area contributed by atoms with Gasteiger partial charge in [-0.3, -0.25) is 9.48 Å². The highest BCUT2D eigenvalue weighted by Crippen LogP contribution is 2.32. The Labute approximate surface area is 198 Å². The Bertz CT molecular complexity index is 1240. The molecule has 0 radical (unpaired) electrons. The number of nitrogens with one attached hydrogen (secondary N) is 2. The first-order chi connectivity index (χ1) is 16.5. The highest BCUT2D eigenvalue weighted by molar-refractivity contribution is 5.95. The molecule has 0 spiro atoms. The van der Waals surface area contributed by atoms with Crippen LogP contribution >= 0.6 is 0 Å². The summed E-state index contributed by atoms with van der Waals surface area (Å²) in [5.41, 5.74) is 3.81. The topological polar surface area (TPSA) is 132 Å². The number of benzene rings is 1. The minimum absolute atomic E-state index is 0.161. The Balaban J connectivity index is 1.46. The predicted molar refractivity (Wildman–Crippen MR) is 127 cm³/mol. The van der Waals surface area contributed by atoms with Crippen LogP contribution in [0.15, 0.2) is 42.9 Å². The van der Waals surface area contributed by atoms with Crippen LogP contribution in [0.2, 0.25) is 0 Å². The van der Waals surface area contributed by atoms with E-state index in [1.54, 1.807) is 31.5 Å². The molecular formula is C25H26N8O. The van der Waals surface area contributed by atoms with Gasteiger partial charge in [0.05, 0.1) is 35.8 Å². The van der Waals surface area contributed by atoms with Crippen LogP contribution in [0, 0.1) is 35.5 Å². The molecule has 172 valence electrons. The van der Waals surface area contributed by atoms with Gasteiger partial charge >= 0.3 is 0 Å². The van der Waals surface area contributed by atoms with Crippen molar-refractivity contribution in [2.24, 2.45) is 5.92 Å². The van der Waals surface area contributed by atoms with E-state index in [9.17, 15) is 4.79 Å². The minimum atomic E-state index is -0.554. The molecule has 4 rings (SSSR count). The molecule has 0 bridgehead atoms. The standard InChI is InChI=1S/C25H26N8O/c1-16-13-28-25(31-21-14-29-33(15-21)22-9-3-18(12-27)4-10-22)32-23(16)19-5-7-20(8-6-19)24(34)30-17(2)11-26/h5-8,13-15,17-18,22H,3-4,9-10H2,1-2H3,(H,30,34)(H,28,31,32)/t17-,18-,22-/m0/s1. The molecule has 1 aromatic carbocycles. The van der Waals surface area contributed by atoms with Crippen LogP contribution in [0.4, 0.5) is 11.6 Å². The number of hydrogen-bond donors (Lipinski definition) is 2. The average Bonchev–Trinajstić information content (AvgIpc) is 3.33. The van der Waals surface area contributed by atoms with Crippen LogP contribution in [0.3, 0.4) is 0 Å². The number of anilines is 2. The fourth-order valence-electron chi connectivity index (χ4n) is 4.09. The van der Waals surface area contributed by atoms with Crippen molar-refractivity contribution >= 4 is 17.5 Å². The van der Waals surface area contributed by atoms with Crippen molar-refractivity contribution in [3.05, 3.63) is 54.0 Å². The smallest absolute Gasteiger partial charge is 0.252 e. The van der Waals surface area contributed by atoms with Crippen molar-refractivity contribution in [3.8, 4) is 23.4 Å². The molecule has 0 aliphatic heterocycles. The van der Waals surface area contributed by atoms with E-state index in [2.05, 4.69) is 31.8 Å². The average molecular weight is 455 g/mol. The summed E-state index contributed by atoms with van der Waals surface area (Å²) in [7, 11) is 0. The number of rotatable bonds is 6. The first kappa shape index (κ1) is 22.9. The predicted octanol–water partition coefficient (Wildman–Crippen LogP) is 4.29. The lowest BCUT2D eigenvalue weighted by molar-refractivity contribution is 0.0948. The Morgan fingerprint density at radius 3 is 2.56 bits per heavy atom. The molecule has 1 aliphatic rings. The molecule has 3 aromatic rings. The quantitative estimate of drug-likeness (QED) is 0.568. The Morgan fingerprint density at radius 1 is 1.15 bits per heavy atom. The summed E-state index contributed by atoms with van der Waals surface area (Å²) in [6.07, 6.45) is 9.19. The fraction of sp³-hybridized carbons (Fsp3) is 0.360. The zero-order valence-corrected chi connectivity index (χ0v) is 19.2. The number of carbonyl (C=O) groups is 1. The first-order valence-electron chi connectivity index (χ1n) is 11.3. The molecule has 1 aliphatic carbocycles. The van der Waals surface area contributed by atoms with Crippen LogP contribution in [-0.2, 0) is 0 Å². The summed E-state index contributed by atoms with van der Waals surface area (Å²) < 4.78 is 1.96. The maximum atomic E-state index is 12.2. The number of carbonyl (C=O) groups excluding carboxylic acids is 1. The number of nitrogens with zero attached hydrogens (tertiary/aromatic N) is 6. The van der Waals surface area contributed by atoms with Gasteiger partial charge in [0.15, 0.2) is 0 Å². The molecular weight excluding hydrogens is 428 g/mol. The van der Waals surface area contributed by atoms with Gasteiger partial charge in [0.1, 0.15) is 6.04 Å². The maximum absolute atomic E-state index is 12.2. The Morgan fingerprint density at radius 2 is 1.88 bits per heavy atom. The van der Waals surface area contributed by atoms with Gasteiger partial charge in [-0.25, -0.2) is 9.97 Å². The Kier molecular flexibility index (Phi) is 6.84. The van der Waals surface area contributed by atoms with Gasteiger partial charge in [-0.1, -0.05) is 12.1 Å². The van der Waals surface area contributed by atoms with Crippen molar-refractivity contribution in [2.45, 2.75) is 51.6 Å².